The molecule has 0 atom stereocenters. The minimum absolute atomic E-state index is 0.109. The van der Waals surface area contributed by atoms with Crippen LogP contribution in [0.3, 0.4) is 0 Å². The van der Waals surface area contributed by atoms with Gasteiger partial charge in [0.15, 0.2) is 14.6 Å². The van der Waals surface area contributed by atoms with E-state index < -0.39 is 20.6 Å². The Morgan fingerprint density at radius 2 is 1.80 bits per heavy atom. The first-order valence-electron chi connectivity index (χ1n) is 11.9. The summed E-state index contributed by atoms with van der Waals surface area (Å²) in [4.78, 5) is 15.2. The second-order valence-corrected chi connectivity index (χ2v) is 11.8. The summed E-state index contributed by atoms with van der Waals surface area (Å²) in [7, 11) is -2.33. The molecule has 1 fully saturated rings. The fourth-order valence-electron chi connectivity index (χ4n) is 4.30. The molecule has 1 heterocycles. The summed E-state index contributed by atoms with van der Waals surface area (Å²) >= 11 is 3.48. The summed E-state index contributed by atoms with van der Waals surface area (Å²) in [5, 5.41) is 0. The van der Waals surface area contributed by atoms with Crippen LogP contribution in [0.15, 0.2) is 57.9 Å². The number of halogens is 1. The molecule has 1 aliphatic rings. The summed E-state index contributed by atoms with van der Waals surface area (Å²) < 4.78 is 43.1. The number of ether oxygens (including phenoxy) is 3. The van der Waals surface area contributed by atoms with Crippen LogP contribution in [-0.2, 0) is 30.5 Å². The molecule has 0 aliphatic carbocycles. The quantitative estimate of drug-likeness (QED) is 0.279. The number of hydrogen-bond donors (Lipinski definition) is 0. The molecule has 0 radical (unpaired) electrons. The van der Waals surface area contributed by atoms with Crippen LogP contribution in [0.1, 0.15) is 31.7 Å². The maximum atomic E-state index is 13.7. The van der Waals surface area contributed by atoms with Crippen molar-refractivity contribution in [2.24, 2.45) is 0 Å². The third-order valence-electron chi connectivity index (χ3n) is 6.34. The van der Waals surface area contributed by atoms with E-state index in [1.54, 1.807) is 26.2 Å². The van der Waals surface area contributed by atoms with Gasteiger partial charge >= 0.3 is 5.97 Å². The number of esters is 1. The van der Waals surface area contributed by atoms with E-state index in [9.17, 15) is 13.2 Å². The largest absolute Gasteiger partial charge is 0.494 e. The van der Waals surface area contributed by atoms with E-state index >= 15 is 0 Å². The number of hydrogen-bond acceptors (Lipinski definition) is 7. The Morgan fingerprint density at radius 3 is 2.43 bits per heavy atom. The van der Waals surface area contributed by atoms with Crippen LogP contribution < -0.4 is 4.74 Å². The molecule has 192 valence electrons. The molecule has 0 unspecified atom stereocenters. The number of carbonyl (C=O) groups excluding carboxylic acids is 1. The lowest BCUT2D eigenvalue weighted by Gasteiger charge is -2.39. The number of methoxy groups -OCH3 is 1. The van der Waals surface area contributed by atoms with Gasteiger partial charge in [-0.05, 0) is 74.6 Å². The van der Waals surface area contributed by atoms with Gasteiger partial charge in [-0.15, -0.1) is 0 Å². The molecular weight excluding hydrogens is 534 g/mol. The summed E-state index contributed by atoms with van der Waals surface area (Å²) in [6.45, 7) is 4.57. The van der Waals surface area contributed by atoms with Gasteiger partial charge in [0.25, 0.3) is 0 Å². The Kier molecular flexibility index (Phi) is 10.1. The molecule has 0 N–H and O–H groups in total. The van der Waals surface area contributed by atoms with E-state index in [1.807, 2.05) is 12.1 Å². The van der Waals surface area contributed by atoms with Crippen molar-refractivity contribution in [3.8, 4) is 5.75 Å². The lowest BCUT2D eigenvalue weighted by molar-refractivity contribution is -0.147. The highest BCUT2D eigenvalue weighted by Crippen LogP contribution is 2.37. The minimum atomic E-state index is -3.96. The predicted molar refractivity (Wildman–Crippen MR) is 138 cm³/mol. The van der Waals surface area contributed by atoms with Gasteiger partial charge in [-0.1, -0.05) is 28.1 Å². The van der Waals surface area contributed by atoms with Crippen LogP contribution >= 0.6 is 15.9 Å². The molecule has 1 aliphatic heterocycles. The lowest BCUT2D eigenvalue weighted by Crippen LogP contribution is -2.55. The molecule has 0 aromatic heterocycles. The number of nitrogens with zero attached hydrogens (tertiary/aromatic N) is 1. The molecule has 7 nitrogen and oxygen atoms in total. The standard InChI is InChI=1S/C26H34BrNO6S/c1-3-33-25(29)26(13-15-28(16-14-26)17-19-32-2)35(30,31)24-11-9-23(10-12-24)34-18-5-7-21-6-4-8-22(27)20-21/h4,6,8-12,20H,3,5,7,13-19H2,1-2H3. The summed E-state index contributed by atoms with van der Waals surface area (Å²) in [5.41, 5.74) is 1.22. The topological polar surface area (TPSA) is 82.1 Å². The average molecular weight is 569 g/mol. The van der Waals surface area contributed by atoms with Crippen molar-refractivity contribution in [3.05, 3.63) is 58.6 Å². The van der Waals surface area contributed by atoms with Gasteiger partial charge in [-0.2, -0.15) is 0 Å². The van der Waals surface area contributed by atoms with Gasteiger partial charge < -0.3 is 19.1 Å². The molecule has 0 amide bonds. The van der Waals surface area contributed by atoms with E-state index in [1.165, 1.54) is 17.7 Å². The molecular formula is C26H34BrNO6S. The first kappa shape index (κ1) is 27.6. The zero-order chi connectivity index (χ0) is 25.3. The second kappa shape index (κ2) is 12.9. The fourth-order valence-corrected chi connectivity index (χ4v) is 6.69. The predicted octanol–water partition coefficient (Wildman–Crippen LogP) is 4.28. The smallest absolute Gasteiger partial charge is 0.327 e. The van der Waals surface area contributed by atoms with Gasteiger partial charge in [-0.25, -0.2) is 8.42 Å². The Morgan fingerprint density at radius 1 is 1.09 bits per heavy atom. The Labute approximate surface area is 216 Å². The number of aryl methyl sites for hydroxylation is 1. The molecule has 0 saturated carbocycles. The highest BCUT2D eigenvalue weighted by atomic mass is 79.9. The van der Waals surface area contributed by atoms with Crippen molar-refractivity contribution < 1.29 is 27.4 Å². The summed E-state index contributed by atoms with van der Waals surface area (Å²) in [6, 6.07) is 14.5. The third kappa shape index (κ3) is 6.84. The van der Waals surface area contributed by atoms with Gasteiger partial charge in [0, 0.05) is 31.2 Å². The number of benzene rings is 2. The Balaban J connectivity index is 1.66. The molecule has 3 rings (SSSR count). The Hall–Kier alpha value is -1.94. The van der Waals surface area contributed by atoms with E-state index in [0.717, 1.165) is 17.3 Å². The fraction of sp³-hybridized carbons (Fsp3) is 0.500. The zero-order valence-corrected chi connectivity index (χ0v) is 22.8. The van der Waals surface area contributed by atoms with Gasteiger partial charge in [0.05, 0.1) is 24.7 Å². The van der Waals surface area contributed by atoms with E-state index in [2.05, 4.69) is 33.0 Å². The number of piperidine rings is 1. The van der Waals surface area contributed by atoms with Crippen molar-refractivity contribution in [2.45, 2.75) is 42.2 Å². The SMILES string of the molecule is CCOC(=O)C1(S(=O)(=O)c2ccc(OCCCc3cccc(Br)c3)cc2)CCN(CCOC)CC1. The minimum Gasteiger partial charge on any atom is -0.494 e. The van der Waals surface area contributed by atoms with Gasteiger partial charge in [0.1, 0.15) is 5.75 Å². The molecule has 35 heavy (non-hydrogen) atoms. The normalized spacial score (nSPS) is 16.1. The maximum absolute atomic E-state index is 13.7. The molecule has 2 aromatic rings. The highest BCUT2D eigenvalue weighted by molar-refractivity contribution is 9.10. The number of carbonyl (C=O) groups is 1. The van der Waals surface area contributed by atoms with Crippen molar-refractivity contribution in [1.29, 1.82) is 0 Å². The molecule has 0 bridgehead atoms. The van der Waals surface area contributed by atoms with Gasteiger partial charge in [-0.3, -0.25) is 4.79 Å². The highest BCUT2D eigenvalue weighted by Gasteiger charge is 2.54. The Bertz CT molecular complexity index is 1070. The average Bonchev–Trinajstić information content (AvgIpc) is 2.86. The zero-order valence-electron chi connectivity index (χ0n) is 20.4. The first-order chi connectivity index (χ1) is 16.8. The number of likely N-dealkylation sites (tertiary alicyclic amines) is 1. The van der Waals surface area contributed by atoms with E-state index in [-0.39, 0.29) is 24.3 Å². The number of rotatable bonds is 12. The summed E-state index contributed by atoms with van der Waals surface area (Å²) in [6.07, 6.45) is 2.09. The first-order valence-corrected chi connectivity index (χ1v) is 14.2. The molecule has 0 spiro atoms. The monoisotopic (exact) mass is 567 g/mol. The van der Waals surface area contributed by atoms with Crippen LogP contribution in [-0.4, -0.2) is 70.6 Å². The second-order valence-electron chi connectivity index (χ2n) is 8.61. The van der Waals surface area contributed by atoms with Crippen molar-refractivity contribution in [2.75, 3.05) is 46.6 Å². The van der Waals surface area contributed by atoms with Crippen LogP contribution in [0.2, 0.25) is 0 Å². The van der Waals surface area contributed by atoms with E-state index in [4.69, 9.17) is 14.2 Å². The van der Waals surface area contributed by atoms with E-state index in [0.29, 0.717) is 38.6 Å². The number of sulfone groups is 1. The van der Waals surface area contributed by atoms with Crippen LogP contribution in [0.4, 0.5) is 0 Å². The summed E-state index contributed by atoms with van der Waals surface area (Å²) in [5.74, 6) is -0.0722. The van der Waals surface area contributed by atoms with Crippen molar-refractivity contribution >= 4 is 31.7 Å². The van der Waals surface area contributed by atoms with Gasteiger partial charge in [0.2, 0.25) is 0 Å². The molecule has 9 heteroatoms. The van der Waals surface area contributed by atoms with Crippen LogP contribution in [0.5, 0.6) is 5.75 Å². The third-order valence-corrected chi connectivity index (χ3v) is 9.33. The van der Waals surface area contributed by atoms with Crippen molar-refractivity contribution in [1.82, 2.24) is 4.90 Å². The molecule has 2 aromatic carbocycles. The van der Waals surface area contributed by atoms with Crippen LogP contribution in [0.25, 0.3) is 0 Å². The lowest BCUT2D eigenvalue weighted by atomic mass is 9.95. The molecule has 1 saturated heterocycles. The maximum Gasteiger partial charge on any atom is 0.327 e. The van der Waals surface area contributed by atoms with Crippen LogP contribution in [0, 0.1) is 0 Å². The van der Waals surface area contributed by atoms with Crippen molar-refractivity contribution in [3.63, 3.8) is 0 Å².